The first kappa shape index (κ1) is 16.7. The summed E-state index contributed by atoms with van der Waals surface area (Å²) in [5, 5.41) is 0.361. The lowest BCUT2D eigenvalue weighted by molar-refractivity contribution is -0.153. The molecule has 0 fully saturated rings. The van der Waals surface area contributed by atoms with E-state index in [-0.39, 0.29) is 11.4 Å². The lowest BCUT2D eigenvalue weighted by Gasteiger charge is -2.37. The molecule has 0 unspecified atom stereocenters. The van der Waals surface area contributed by atoms with Gasteiger partial charge in [0, 0.05) is 0 Å². The zero-order valence-electron chi connectivity index (χ0n) is 12.9. The third-order valence-corrected chi connectivity index (χ3v) is 9.94. The highest BCUT2D eigenvalue weighted by atomic mass is 28.3. The Hall–Kier alpha value is -0.313. The summed E-state index contributed by atoms with van der Waals surface area (Å²) in [7, 11) is -1.32. The molecule has 0 aliphatic carbocycles. The topological polar surface area (TPSA) is 26.3 Å². The van der Waals surface area contributed by atoms with Gasteiger partial charge in [-0.05, 0) is 31.4 Å². The van der Waals surface area contributed by atoms with Crippen LogP contribution < -0.4 is 0 Å². The van der Waals surface area contributed by atoms with Crippen LogP contribution in [0.5, 0.6) is 0 Å². The summed E-state index contributed by atoms with van der Waals surface area (Å²) in [5.41, 5.74) is -0.340. The maximum absolute atomic E-state index is 11.8. The predicted octanol–water partition coefficient (Wildman–Crippen LogP) is 4.47. The maximum atomic E-state index is 11.8. The second-order valence-corrected chi connectivity index (χ2v) is 13.0. The Bertz CT molecular complexity index is 262. The van der Waals surface area contributed by atoms with E-state index in [2.05, 4.69) is 33.9 Å². The summed E-state index contributed by atoms with van der Waals surface area (Å²) < 4.78 is 5.42. The van der Waals surface area contributed by atoms with Crippen LogP contribution in [0.4, 0.5) is 0 Å². The first-order valence-electron chi connectivity index (χ1n) is 6.61. The summed E-state index contributed by atoms with van der Waals surface area (Å²) in [6.45, 7) is 18.1. The molecule has 0 aromatic carbocycles. The molecule has 0 rings (SSSR count). The van der Waals surface area contributed by atoms with Crippen molar-refractivity contribution in [2.24, 2.45) is 5.41 Å². The Balaban J connectivity index is 4.22. The molecule has 0 atom stereocenters. The molecule has 0 bridgehead atoms. The second-order valence-electron chi connectivity index (χ2n) is 7.26. The minimum absolute atomic E-state index is 0.0568. The predicted molar refractivity (Wildman–Crippen MR) is 77.0 cm³/mol. The molecule has 0 aliphatic rings. The summed E-state index contributed by atoms with van der Waals surface area (Å²) in [6, 6.07) is 1.04. The average molecular weight is 258 g/mol. The number of ether oxygens (including phenoxy) is 1. The van der Waals surface area contributed by atoms with E-state index in [1.165, 1.54) is 0 Å². The minimum Gasteiger partial charge on any atom is -0.466 e. The van der Waals surface area contributed by atoms with Gasteiger partial charge in [-0.15, -0.1) is 0 Å². The molecule has 0 amide bonds. The summed E-state index contributed by atoms with van der Waals surface area (Å²) in [4.78, 5) is 11.8. The van der Waals surface area contributed by atoms with E-state index in [9.17, 15) is 4.79 Å². The summed E-state index contributed by atoms with van der Waals surface area (Å²) in [5.74, 6) is -0.0568. The highest BCUT2D eigenvalue weighted by molar-refractivity contribution is 6.80. The van der Waals surface area contributed by atoms with Gasteiger partial charge in [0.05, 0.1) is 20.1 Å². The summed E-state index contributed by atoms with van der Waals surface area (Å²) >= 11 is 0. The van der Waals surface area contributed by atoms with E-state index in [0.717, 1.165) is 12.5 Å². The molecule has 2 nitrogen and oxygen atoms in total. The van der Waals surface area contributed by atoms with E-state index in [0.29, 0.717) is 11.6 Å². The van der Waals surface area contributed by atoms with Crippen molar-refractivity contribution in [2.75, 3.05) is 6.61 Å². The van der Waals surface area contributed by atoms with Crippen LogP contribution >= 0.6 is 0 Å². The van der Waals surface area contributed by atoms with Crippen molar-refractivity contribution in [3.05, 3.63) is 0 Å². The molecular formula is C14H30O2Si. The lowest BCUT2D eigenvalue weighted by Crippen LogP contribution is -2.38. The zero-order chi connectivity index (χ0) is 13.9. The van der Waals surface area contributed by atoms with Gasteiger partial charge in [-0.2, -0.15) is 0 Å². The van der Waals surface area contributed by atoms with Gasteiger partial charge in [-0.25, -0.2) is 0 Å². The number of carbonyl (C=O) groups is 1. The number of carbonyl (C=O) groups excluding carboxylic acids is 1. The molecule has 0 heterocycles. The molecule has 0 saturated carbocycles. The van der Waals surface area contributed by atoms with E-state index >= 15 is 0 Å². The van der Waals surface area contributed by atoms with Crippen LogP contribution in [-0.4, -0.2) is 20.7 Å². The molecule has 3 heteroatoms. The Morgan fingerprint density at radius 2 is 1.59 bits per heavy atom. The Morgan fingerprint density at radius 1 is 1.12 bits per heavy atom. The SMILES string of the molecule is CCC(C)(C)C(=O)OCC[Si](C)(C)C(C)(C)C. The van der Waals surface area contributed by atoms with Crippen LogP contribution in [0.25, 0.3) is 0 Å². The number of rotatable bonds is 5. The van der Waals surface area contributed by atoms with Gasteiger partial charge < -0.3 is 4.74 Å². The van der Waals surface area contributed by atoms with Gasteiger partial charge in [0.15, 0.2) is 0 Å². The highest BCUT2D eigenvalue weighted by Gasteiger charge is 2.35. The van der Waals surface area contributed by atoms with E-state index in [4.69, 9.17) is 4.74 Å². The normalized spacial score (nSPS) is 13.6. The van der Waals surface area contributed by atoms with Crippen LogP contribution in [-0.2, 0) is 9.53 Å². The van der Waals surface area contributed by atoms with Gasteiger partial charge in [0.1, 0.15) is 0 Å². The fraction of sp³-hybridized carbons (Fsp3) is 0.929. The maximum Gasteiger partial charge on any atom is 0.311 e. The van der Waals surface area contributed by atoms with Crippen molar-refractivity contribution in [3.63, 3.8) is 0 Å². The van der Waals surface area contributed by atoms with Crippen molar-refractivity contribution < 1.29 is 9.53 Å². The summed E-state index contributed by atoms with van der Waals surface area (Å²) in [6.07, 6.45) is 0.825. The van der Waals surface area contributed by atoms with Crippen LogP contribution in [0.15, 0.2) is 0 Å². The fourth-order valence-electron chi connectivity index (χ4n) is 1.11. The number of hydrogen-bond acceptors (Lipinski definition) is 2. The smallest absolute Gasteiger partial charge is 0.311 e. The van der Waals surface area contributed by atoms with Crippen molar-refractivity contribution >= 4 is 14.0 Å². The quantitative estimate of drug-likeness (QED) is 0.537. The second kappa shape index (κ2) is 5.55. The molecule has 17 heavy (non-hydrogen) atoms. The molecular weight excluding hydrogens is 228 g/mol. The number of hydrogen-bond donors (Lipinski definition) is 0. The van der Waals surface area contributed by atoms with Crippen molar-refractivity contribution in [1.82, 2.24) is 0 Å². The molecule has 0 N–H and O–H groups in total. The van der Waals surface area contributed by atoms with E-state index in [1.54, 1.807) is 0 Å². The first-order chi connectivity index (χ1) is 7.44. The molecule has 0 aromatic rings. The molecule has 0 spiro atoms. The Labute approximate surface area is 108 Å². The van der Waals surface area contributed by atoms with Crippen LogP contribution in [0.3, 0.4) is 0 Å². The van der Waals surface area contributed by atoms with Gasteiger partial charge in [0.25, 0.3) is 0 Å². The third-order valence-electron chi connectivity index (χ3n) is 4.43. The Morgan fingerprint density at radius 3 is 1.94 bits per heavy atom. The standard InChI is InChI=1S/C14H30O2Si/c1-9-14(5,6)12(15)16-10-11-17(7,8)13(2,3)4/h9-11H2,1-8H3. The van der Waals surface area contributed by atoms with Gasteiger partial charge >= 0.3 is 5.97 Å². The van der Waals surface area contributed by atoms with Crippen LogP contribution in [0.1, 0.15) is 48.0 Å². The van der Waals surface area contributed by atoms with E-state index < -0.39 is 8.07 Å². The molecule has 0 radical (unpaired) electrons. The molecule has 0 aliphatic heterocycles. The number of esters is 1. The van der Waals surface area contributed by atoms with Gasteiger partial charge in [0.2, 0.25) is 0 Å². The van der Waals surface area contributed by atoms with Gasteiger partial charge in [-0.3, -0.25) is 4.79 Å². The first-order valence-corrected chi connectivity index (χ1v) is 9.82. The van der Waals surface area contributed by atoms with Crippen LogP contribution in [0, 0.1) is 5.41 Å². The zero-order valence-corrected chi connectivity index (χ0v) is 13.9. The lowest BCUT2D eigenvalue weighted by atomic mass is 9.91. The third kappa shape index (κ3) is 4.82. The molecule has 0 aromatic heterocycles. The van der Waals surface area contributed by atoms with Crippen molar-refractivity contribution in [3.8, 4) is 0 Å². The Kier molecular flexibility index (Phi) is 5.45. The van der Waals surface area contributed by atoms with Crippen LogP contribution in [0.2, 0.25) is 24.2 Å². The minimum atomic E-state index is -1.32. The van der Waals surface area contributed by atoms with Gasteiger partial charge in [-0.1, -0.05) is 40.8 Å². The highest BCUT2D eigenvalue weighted by Crippen LogP contribution is 2.38. The van der Waals surface area contributed by atoms with Crippen molar-refractivity contribution in [2.45, 2.75) is 72.1 Å². The largest absolute Gasteiger partial charge is 0.466 e. The van der Waals surface area contributed by atoms with E-state index in [1.807, 2.05) is 20.8 Å². The molecule has 102 valence electrons. The average Bonchev–Trinajstić information content (AvgIpc) is 2.15. The monoisotopic (exact) mass is 258 g/mol. The van der Waals surface area contributed by atoms with Crippen molar-refractivity contribution in [1.29, 1.82) is 0 Å². The fourth-order valence-corrected chi connectivity index (χ4v) is 2.48. The molecule has 0 saturated heterocycles.